The smallest absolute Gasteiger partial charge is 0.227 e. The summed E-state index contributed by atoms with van der Waals surface area (Å²) in [4.78, 5) is 13.6. The Labute approximate surface area is 102 Å². The number of hydrogen-bond donors (Lipinski definition) is 1. The van der Waals surface area contributed by atoms with E-state index < -0.39 is 5.60 Å². The molecule has 2 rings (SSSR count). The minimum Gasteiger partial charge on any atom is -0.386 e. The van der Waals surface area contributed by atoms with E-state index >= 15 is 0 Å². The highest BCUT2D eigenvalue weighted by molar-refractivity contribution is 5.79. The Morgan fingerprint density at radius 3 is 2.59 bits per heavy atom. The van der Waals surface area contributed by atoms with Crippen molar-refractivity contribution in [3.8, 4) is 0 Å². The summed E-state index contributed by atoms with van der Waals surface area (Å²) < 4.78 is 0. The van der Waals surface area contributed by atoms with Gasteiger partial charge >= 0.3 is 0 Å². The van der Waals surface area contributed by atoms with Gasteiger partial charge in [-0.05, 0) is 12.0 Å². The van der Waals surface area contributed by atoms with Crippen LogP contribution < -0.4 is 0 Å². The number of aliphatic hydroxyl groups is 1. The lowest BCUT2D eigenvalue weighted by molar-refractivity contribution is -0.155. The molecular weight excluding hydrogens is 214 g/mol. The van der Waals surface area contributed by atoms with E-state index in [2.05, 4.69) is 0 Å². The Kier molecular flexibility index (Phi) is 3.48. The summed E-state index contributed by atoms with van der Waals surface area (Å²) in [6, 6.07) is 9.72. The van der Waals surface area contributed by atoms with Gasteiger partial charge in [0.15, 0.2) is 0 Å². The van der Waals surface area contributed by atoms with Crippen LogP contribution in [0.3, 0.4) is 0 Å². The first-order valence-corrected chi connectivity index (χ1v) is 6.17. The molecule has 1 aromatic carbocycles. The number of amides is 1. The molecule has 0 spiro atoms. The molecule has 3 nitrogen and oxygen atoms in total. The quantitative estimate of drug-likeness (QED) is 0.858. The zero-order valence-electron chi connectivity index (χ0n) is 10.2. The van der Waals surface area contributed by atoms with Gasteiger partial charge in [-0.25, -0.2) is 0 Å². The molecule has 3 heteroatoms. The Bertz CT molecular complexity index is 382. The molecule has 0 aromatic heterocycles. The van der Waals surface area contributed by atoms with Crippen LogP contribution >= 0.6 is 0 Å². The van der Waals surface area contributed by atoms with E-state index in [0.717, 1.165) is 18.4 Å². The highest BCUT2D eigenvalue weighted by Crippen LogP contribution is 2.26. The predicted molar refractivity (Wildman–Crippen MR) is 66.6 cm³/mol. The summed E-state index contributed by atoms with van der Waals surface area (Å²) in [7, 11) is 0. The number of nitrogens with zero attached hydrogens (tertiary/aromatic N) is 1. The lowest BCUT2D eigenvalue weighted by Gasteiger charge is -2.46. The van der Waals surface area contributed by atoms with E-state index in [0.29, 0.717) is 19.5 Å². The number of benzene rings is 1. The van der Waals surface area contributed by atoms with Gasteiger partial charge in [0.05, 0.1) is 25.1 Å². The summed E-state index contributed by atoms with van der Waals surface area (Å²) in [6.45, 7) is 3.03. The van der Waals surface area contributed by atoms with Crippen LogP contribution in [-0.2, 0) is 11.2 Å². The van der Waals surface area contributed by atoms with Crippen molar-refractivity contribution in [2.75, 3.05) is 13.1 Å². The van der Waals surface area contributed by atoms with Crippen LogP contribution in [0.4, 0.5) is 0 Å². The molecule has 1 saturated heterocycles. The lowest BCUT2D eigenvalue weighted by Crippen LogP contribution is -2.63. The third kappa shape index (κ3) is 2.86. The second-order valence-corrected chi connectivity index (χ2v) is 4.89. The van der Waals surface area contributed by atoms with Gasteiger partial charge < -0.3 is 10.0 Å². The van der Waals surface area contributed by atoms with Crippen LogP contribution in [-0.4, -0.2) is 34.6 Å². The van der Waals surface area contributed by atoms with E-state index in [4.69, 9.17) is 0 Å². The zero-order valence-corrected chi connectivity index (χ0v) is 10.2. The van der Waals surface area contributed by atoms with Crippen molar-refractivity contribution >= 4 is 5.91 Å². The van der Waals surface area contributed by atoms with Crippen LogP contribution in [0, 0.1) is 0 Å². The second kappa shape index (κ2) is 4.88. The number of hydrogen-bond acceptors (Lipinski definition) is 2. The van der Waals surface area contributed by atoms with Gasteiger partial charge in [-0.3, -0.25) is 4.79 Å². The van der Waals surface area contributed by atoms with Gasteiger partial charge in [-0.1, -0.05) is 43.7 Å². The fourth-order valence-corrected chi connectivity index (χ4v) is 2.35. The average molecular weight is 233 g/mol. The minimum absolute atomic E-state index is 0.108. The van der Waals surface area contributed by atoms with Crippen molar-refractivity contribution in [1.82, 2.24) is 4.90 Å². The number of carbonyl (C=O) groups excluding carboxylic acids is 1. The number of likely N-dealkylation sites (tertiary alicyclic amines) is 1. The van der Waals surface area contributed by atoms with Crippen LogP contribution in [0.25, 0.3) is 0 Å². The molecule has 1 heterocycles. The maximum atomic E-state index is 11.9. The largest absolute Gasteiger partial charge is 0.386 e. The average Bonchev–Trinajstić information content (AvgIpc) is 2.27. The summed E-state index contributed by atoms with van der Waals surface area (Å²) >= 11 is 0. The van der Waals surface area contributed by atoms with Gasteiger partial charge in [0.2, 0.25) is 5.91 Å². The number of β-amino-alcohol motifs (C(OH)–C–C–N with tert-alkyl or cyclic N) is 1. The Hall–Kier alpha value is -1.35. The molecule has 0 radical (unpaired) electrons. The monoisotopic (exact) mass is 233 g/mol. The standard InChI is InChI=1S/C14H19NO2/c1-2-8-14(17)10-15(11-14)13(16)9-12-6-4-3-5-7-12/h3-7,17H,2,8-11H2,1H3. The first-order valence-electron chi connectivity index (χ1n) is 6.17. The molecular formula is C14H19NO2. The van der Waals surface area contributed by atoms with Gasteiger partial charge in [-0.15, -0.1) is 0 Å². The van der Waals surface area contributed by atoms with E-state index in [1.165, 1.54) is 0 Å². The fourth-order valence-electron chi connectivity index (χ4n) is 2.35. The molecule has 0 bridgehead atoms. The molecule has 17 heavy (non-hydrogen) atoms. The van der Waals surface area contributed by atoms with E-state index in [-0.39, 0.29) is 5.91 Å². The summed E-state index contributed by atoms with van der Waals surface area (Å²) in [6.07, 6.45) is 2.17. The zero-order chi connectivity index (χ0) is 12.3. The molecule has 1 aliphatic heterocycles. The molecule has 1 amide bonds. The number of carbonyl (C=O) groups is 1. The topological polar surface area (TPSA) is 40.5 Å². The second-order valence-electron chi connectivity index (χ2n) is 4.89. The Morgan fingerprint density at radius 2 is 2.00 bits per heavy atom. The van der Waals surface area contributed by atoms with Crippen LogP contribution in [0.1, 0.15) is 25.3 Å². The molecule has 1 aromatic rings. The van der Waals surface area contributed by atoms with Gasteiger partial charge in [-0.2, -0.15) is 0 Å². The SMILES string of the molecule is CCCC1(O)CN(C(=O)Cc2ccccc2)C1. The third-order valence-corrected chi connectivity index (χ3v) is 3.24. The lowest BCUT2D eigenvalue weighted by atomic mass is 9.89. The van der Waals surface area contributed by atoms with Crippen molar-refractivity contribution in [3.63, 3.8) is 0 Å². The molecule has 1 fully saturated rings. The minimum atomic E-state index is -0.624. The summed E-state index contributed by atoms with van der Waals surface area (Å²) in [5, 5.41) is 10.0. The summed E-state index contributed by atoms with van der Waals surface area (Å²) in [5.41, 5.74) is 0.407. The summed E-state index contributed by atoms with van der Waals surface area (Å²) in [5.74, 6) is 0.108. The molecule has 0 aliphatic carbocycles. The van der Waals surface area contributed by atoms with Crippen LogP contribution in [0.15, 0.2) is 30.3 Å². The molecule has 1 aliphatic rings. The van der Waals surface area contributed by atoms with Crippen molar-refractivity contribution in [1.29, 1.82) is 0 Å². The predicted octanol–water partition coefficient (Wildman–Crippen LogP) is 1.60. The normalized spacial score (nSPS) is 17.6. The molecule has 0 atom stereocenters. The first-order chi connectivity index (χ1) is 8.13. The molecule has 0 saturated carbocycles. The maximum Gasteiger partial charge on any atom is 0.227 e. The van der Waals surface area contributed by atoms with Gasteiger partial charge in [0.1, 0.15) is 0 Å². The van der Waals surface area contributed by atoms with Gasteiger partial charge in [0.25, 0.3) is 0 Å². The van der Waals surface area contributed by atoms with E-state index in [1.807, 2.05) is 37.3 Å². The van der Waals surface area contributed by atoms with Crippen LogP contribution in [0.5, 0.6) is 0 Å². The highest BCUT2D eigenvalue weighted by Gasteiger charge is 2.42. The van der Waals surface area contributed by atoms with E-state index in [1.54, 1.807) is 4.90 Å². The number of rotatable bonds is 4. The van der Waals surface area contributed by atoms with Crippen molar-refractivity contribution in [3.05, 3.63) is 35.9 Å². The first kappa shape index (κ1) is 12.1. The van der Waals surface area contributed by atoms with Crippen molar-refractivity contribution in [2.45, 2.75) is 31.8 Å². The fraction of sp³-hybridized carbons (Fsp3) is 0.500. The molecule has 0 unspecified atom stereocenters. The van der Waals surface area contributed by atoms with Crippen LogP contribution in [0.2, 0.25) is 0 Å². The van der Waals surface area contributed by atoms with Crippen molar-refractivity contribution < 1.29 is 9.90 Å². The molecule has 92 valence electrons. The Balaban J connectivity index is 1.84. The van der Waals surface area contributed by atoms with Crippen molar-refractivity contribution in [2.24, 2.45) is 0 Å². The molecule has 1 N–H and O–H groups in total. The maximum absolute atomic E-state index is 11.9. The third-order valence-electron chi connectivity index (χ3n) is 3.24. The van der Waals surface area contributed by atoms with E-state index in [9.17, 15) is 9.90 Å². The van der Waals surface area contributed by atoms with Gasteiger partial charge in [0, 0.05) is 0 Å². The Morgan fingerprint density at radius 1 is 1.35 bits per heavy atom. The highest BCUT2D eigenvalue weighted by atomic mass is 16.3.